The van der Waals surface area contributed by atoms with Crippen LogP contribution in [0.4, 0.5) is 0 Å². The van der Waals surface area contributed by atoms with Crippen LogP contribution in [0.2, 0.25) is 0 Å². The molecule has 1 aromatic rings. The van der Waals surface area contributed by atoms with Gasteiger partial charge in [0.1, 0.15) is 18.4 Å². The van der Waals surface area contributed by atoms with Crippen LogP contribution in [0.3, 0.4) is 0 Å². The van der Waals surface area contributed by atoms with Crippen LogP contribution < -0.4 is 21.7 Å². The number of aldehydes is 1. The van der Waals surface area contributed by atoms with Crippen molar-refractivity contribution < 1.29 is 19.2 Å². The van der Waals surface area contributed by atoms with Crippen molar-refractivity contribution in [3.8, 4) is 0 Å². The fraction of sp³-hybridized carbons (Fsp3) is 0.500. The second-order valence-electron chi connectivity index (χ2n) is 6.72. The highest BCUT2D eigenvalue weighted by Gasteiger charge is 2.26. The molecule has 0 unspecified atom stereocenters. The van der Waals surface area contributed by atoms with E-state index in [0.29, 0.717) is 38.5 Å². The van der Waals surface area contributed by atoms with Crippen molar-refractivity contribution in [2.24, 2.45) is 5.73 Å². The van der Waals surface area contributed by atoms with E-state index in [9.17, 15) is 19.2 Å². The summed E-state index contributed by atoms with van der Waals surface area (Å²) in [4.78, 5) is 47.6. The lowest BCUT2D eigenvalue weighted by Gasteiger charge is -2.23. The second kappa shape index (κ2) is 12.6. The summed E-state index contributed by atoms with van der Waals surface area (Å²) < 4.78 is 0. The molecule has 0 saturated heterocycles. The number of rotatable bonds is 12. The van der Waals surface area contributed by atoms with Crippen molar-refractivity contribution in [3.63, 3.8) is 0 Å². The van der Waals surface area contributed by atoms with Crippen LogP contribution in [-0.4, -0.2) is 48.7 Å². The summed E-state index contributed by atoms with van der Waals surface area (Å²) in [5.74, 6) is -1.23. The second-order valence-corrected chi connectivity index (χ2v) is 6.72. The first kappa shape index (κ1) is 23.3. The molecule has 3 amide bonds. The maximum absolute atomic E-state index is 12.8. The average Bonchev–Trinajstić information content (AvgIpc) is 2.67. The number of hydrogen-bond donors (Lipinski definition) is 4. The molecule has 8 heteroatoms. The molecule has 0 heterocycles. The highest BCUT2D eigenvalue weighted by atomic mass is 16.2. The molecule has 8 nitrogen and oxygen atoms in total. The molecule has 1 rings (SSSR count). The maximum Gasteiger partial charge on any atom is 0.243 e. The minimum absolute atomic E-state index is 0.300. The SMILES string of the molecule is CC(=O)N[C@@H](Cc1ccccc1)C(=O)N[C@@H](CCCCN)C(=O)N[C@@H](C)C=O. The molecular weight excluding hydrogens is 360 g/mol. The Morgan fingerprint density at radius 1 is 1.00 bits per heavy atom. The number of hydrogen-bond acceptors (Lipinski definition) is 5. The maximum atomic E-state index is 12.8. The summed E-state index contributed by atoms with van der Waals surface area (Å²) in [5.41, 5.74) is 6.39. The zero-order chi connectivity index (χ0) is 20.9. The predicted molar refractivity (Wildman–Crippen MR) is 106 cm³/mol. The summed E-state index contributed by atoms with van der Waals surface area (Å²) >= 11 is 0. The Morgan fingerprint density at radius 2 is 1.64 bits per heavy atom. The molecule has 28 heavy (non-hydrogen) atoms. The monoisotopic (exact) mass is 390 g/mol. The van der Waals surface area contributed by atoms with Gasteiger partial charge >= 0.3 is 0 Å². The van der Waals surface area contributed by atoms with E-state index in [1.165, 1.54) is 6.92 Å². The summed E-state index contributed by atoms with van der Waals surface area (Å²) in [5, 5.41) is 7.89. The first-order chi connectivity index (χ1) is 13.4. The molecule has 0 aliphatic heterocycles. The fourth-order valence-electron chi connectivity index (χ4n) is 2.70. The van der Waals surface area contributed by atoms with Crippen LogP contribution in [0.5, 0.6) is 0 Å². The largest absolute Gasteiger partial charge is 0.345 e. The molecule has 154 valence electrons. The molecule has 0 spiro atoms. The van der Waals surface area contributed by atoms with Gasteiger partial charge in [-0.15, -0.1) is 0 Å². The van der Waals surface area contributed by atoms with Crippen LogP contribution in [0.15, 0.2) is 30.3 Å². The lowest BCUT2D eigenvalue weighted by atomic mass is 10.0. The number of unbranched alkanes of at least 4 members (excludes halogenated alkanes) is 1. The van der Waals surface area contributed by atoms with Crippen molar-refractivity contribution in [2.45, 2.75) is 57.7 Å². The Kier molecular flexibility index (Phi) is 10.5. The Labute approximate surface area is 165 Å². The molecule has 0 bridgehead atoms. The molecule has 0 aromatic heterocycles. The zero-order valence-electron chi connectivity index (χ0n) is 16.4. The van der Waals surface area contributed by atoms with Gasteiger partial charge in [0.2, 0.25) is 17.7 Å². The van der Waals surface area contributed by atoms with Crippen molar-refractivity contribution >= 4 is 24.0 Å². The van der Waals surface area contributed by atoms with Crippen LogP contribution in [0.25, 0.3) is 0 Å². The zero-order valence-corrected chi connectivity index (χ0v) is 16.4. The van der Waals surface area contributed by atoms with Crippen LogP contribution in [0, 0.1) is 0 Å². The molecule has 0 aliphatic rings. The highest BCUT2D eigenvalue weighted by molar-refractivity contribution is 5.92. The number of benzene rings is 1. The van der Waals surface area contributed by atoms with Gasteiger partial charge < -0.3 is 26.5 Å². The molecule has 0 aliphatic carbocycles. The topological polar surface area (TPSA) is 130 Å². The summed E-state index contributed by atoms with van der Waals surface area (Å²) in [6.45, 7) is 3.37. The summed E-state index contributed by atoms with van der Waals surface area (Å²) in [6, 6.07) is 7.00. The first-order valence-corrected chi connectivity index (χ1v) is 9.44. The van der Waals surface area contributed by atoms with Gasteiger partial charge in [-0.25, -0.2) is 0 Å². The summed E-state index contributed by atoms with van der Waals surface area (Å²) in [7, 11) is 0. The quantitative estimate of drug-likeness (QED) is 0.296. The third-order valence-corrected chi connectivity index (χ3v) is 4.13. The number of amides is 3. The van der Waals surface area contributed by atoms with E-state index in [0.717, 1.165) is 5.56 Å². The van der Waals surface area contributed by atoms with E-state index >= 15 is 0 Å². The molecule has 5 N–H and O–H groups in total. The van der Waals surface area contributed by atoms with Gasteiger partial charge in [-0.2, -0.15) is 0 Å². The molecule has 0 radical (unpaired) electrons. The van der Waals surface area contributed by atoms with E-state index < -0.39 is 29.9 Å². The fourth-order valence-corrected chi connectivity index (χ4v) is 2.70. The third kappa shape index (κ3) is 8.77. The van der Waals surface area contributed by atoms with E-state index in [4.69, 9.17) is 5.73 Å². The van der Waals surface area contributed by atoms with Gasteiger partial charge in [-0.3, -0.25) is 14.4 Å². The lowest BCUT2D eigenvalue weighted by Crippen LogP contribution is -2.55. The number of carbonyl (C=O) groups is 4. The van der Waals surface area contributed by atoms with Crippen LogP contribution >= 0.6 is 0 Å². The molecule has 0 saturated carbocycles. The lowest BCUT2D eigenvalue weighted by molar-refractivity contribution is -0.132. The van der Waals surface area contributed by atoms with E-state index in [1.54, 1.807) is 6.92 Å². The van der Waals surface area contributed by atoms with Crippen LogP contribution in [0.1, 0.15) is 38.7 Å². The van der Waals surface area contributed by atoms with Gasteiger partial charge in [0.15, 0.2) is 0 Å². The van der Waals surface area contributed by atoms with Gasteiger partial charge in [0, 0.05) is 13.3 Å². The Bertz CT molecular complexity index is 651. The number of nitrogens with one attached hydrogen (secondary N) is 3. The van der Waals surface area contributed by atoms with E-state index in [1.807, 2.05) is 30.3 Å². The smallest absolute Gasteiger partial charge is 0.243 e. The summed E-state index contributed by atoms with van der Waals surface area (Å²) in [6.07, 6.45) is 2.66. The van der Waals surface area contributed by atoms with Crippen molar-refractivity contribution in [2.75, 3.05) is 6.54 Å². The molecule has 1 aromatic carbocycles. The minimum Gasteiger partial charge on any atom is -0.345 e. The third-order valence-electron chi connectivity index (χ3n) is 4.13. The molecule has 3 atom stereocenters. The van der Waals surface area contributed by atoms with Crippen molar-refractivity contribution in [1.29, 1.82) is 0 Å². The van der Waals surface area contributed by atoms with E-state index in [2.05, 4.69) is 16.0 Å². The van der Waals surface area contributed by atoms with Gasteiger partial charge in [0.25, 0.3) is 0 Å². The number of nitrogens with two attached hydrogens (primary N) is 1. The van der Waals surface area contributed by atoms with Gasteiger partial charge in [0.05, 0.1) is 6.04 Å². The van der Waals surface area contributed by atoms with Gasteiger partial charge in [-0.05, 0) is 38.3 Å². The van der Waals surface area contributed by atoms with Gasteiger partial charge in [-0.1, -0.05) is 30.3 Å². The Balaban J connectivity index is 2.87. The number of carbonyl (C=O) groups excluding carboxylic acids is 4. The minimum atomic E-state index is -0.812. The normalized spacial score (nSPS) is 13.7. The Morgan fingerprint density at radius 3 is 2.21 bits per heavy atom. The Hall–Kier alpha value is -2.74. The standard InChI is InChI=1S/C20H30N4O4/c1-14(13-25)22-19(27)17(10-6-7-11-21)24-20(28)18(23-15(2)26)12-16-8-4-3-5-9-16/h3-5,8-9,13-14,17-18H,6-7,10-12,21H2,1-2H3,(H,22,27)(H,23,26)(H,24,28)/t14-,17-,18-/m0/s1. The predicted octanol–water partition coefficient (Wildman–Crippen LogP) is 0.0512. The average molecular weight is 390 g/mol. The van der Waals surface area contributed by atoms with Crippen molar-refractivity contribution in [1.82, 2.24) is 16.0 Å². The van der Waals surface area contributed by atoms with Crippen molar-refractivity contribution in [3.05, 3.63) is 35.9 Å². The molecular formula is C20H30N4O4. The highest BCUT2D eigenvalue weighted by Crippen LogP contribution is 2.06. The molecule has 0 fully saturated rings. The first-order valence-electron chi connectivity index (χ1n) is 9.44. The van der Waals surface area contributed by atoms with E-state index in [-0.39, 0.29) is 5.91 Å². The van der Waals surface area contributed by atoms with Crippen LogP contribution in [-0.2, 0) is 25.6 Å².